The molecule has 3 rings (SSSR count). The third-order valence-electron chi connectivity index (χ3n) is 3.95. The van der Waals surface area contributed by atoms with Gasteiger partial charge in [-0.15, -0.1) is 0 Å². The van der Waals surface area contributed by atoms with Gasteiger partial charge in [0.1, 0.15) is 5.82 Å². The second kappa shape index (κ2) is 4.60. The molecule has 0 aliphatic heterocycles. The molecule has 0 aliphatic rings. The molecule has 0 fully saturated rings. The zero-order chi connectivity index (χ0) is 14.3. The number of aromatic nitrogens is 1. The maximum Gasteiger partial charge on any atom is 0.109 e. The Kier molecular flexibility index (Phi) is 2.90. The SMILES string of the molecule is CCc1c(N)cc2[nH]c(N)c(-c3ccccc3)c2c1C. The van der Waals surface area contributed by atoms with Crippen molar-refractivity contribution < 1.29 is 0 Å². The minimum absolute atomic E-state index is 0.696. The molecule has 0 unspecified atom stereocenters. The Morgan fingerprint density at radius 3 is 2.45 bits per heavy atom. The highest BCUT2D eigenvalue weighted by Crippen LogP contribution is 2.38. The lowest BCUT2D eigenvalue weighted by molar-refractivity contribution is 1.12. The first kappa shape index (κ1) is 12.6. The summed E-state index contributed by atoms with van der Waals surface area (Å²) in [5, 5.41) is 1.18. The lowest BCUT2D eigenvalue weighted by atomic mass is 9.95. The van der Waals surface area contributed by atoms with Gasteiger partial charge in [-0.2, -0.15) is 0 Å². The molecule has 0 radical (unpaired) electrons. The van der Waals surface area contributed by atoms with Crippen LogP contribution in [0.4, 0.5) is 11.5 Å². The fourth-order valence-electron chi connectivity index (χ4n) is 3.02. The van der Waals surface area contributed by atoms with Crippen molar-refractivity contribution in [2.24, 2.45) is 0 Å². The van der Waals surface area contributed by atoms with E-state index in [0.29, 0.717) is 5.82 Å². The summed E-state index contributed by atoms with van der Waals surface area (Å²) >= 11 is 0. The van der Waals surface area contributed by atoms with Crippen LogP contribution in [0.2, 0.25) is 0 Å². The molecule has 2 aromatic carbocycles. The number of hydrogen-bond donors (Lipinski definition) is 3. The molecule has 3 heteroatoms. The van der Waals surface area contributed by atoms with Crippen molar-refractivity contribution >= 4 is 22.4 Å². The van der Waals surface area contributed by atoms with Crippen molar-refractivity contribution in [1.29, 1.82) is 0 Å². The monoisotopic (exact) mass is 265 g/mol. The molecule has 20 heavy (non-hydrogen) atoms. The van der Waals surface area contributed by atoms with Gasteiger partial charge in [0.25, 0.3) is 0 Å². The smallest absolute Gasteiger partial charge is 0.109 e. The largest absolute Gasteiger partial charge is 0.398 e. The van der Waals surface area contributed by atoms with E-state index in [2.05, 4.69) is 31.0 Å². The minimum Gasteiger partial charge on any atom is -0.398 e. The fourth-order valence-corrected chi connectivity index (χ4v) is 3.02. The van der Waals surface area contributed by atoms with Crippen LogP contribution in [0.15, 0.2) is 36.4 Å². The summed E-state index contributed by atoms with van der Waals surface area (Å²) in [6.45, 7) is 4.25. The molecular formula is C17H19N3. The van der Waals surface area contributed by atoms with E-state index in [1.807, 2.05) is 24.3 Å². The van der Waals surface area contributed by atoms with E-state index >= 15 is 0 Å². The van der Waals surface area contributed by atoms with Crippen molar-refractivity contribution in [2.75, 3.05) is 11.5 Å². The van der Waals surface area contributed by atoms with Crippen LogP contribution < -0.4 is 11.5 Å². The second-order valence-corrected chi connectivity index (χ2v) is 5.13. The van der Waals surface area contributed by atoms with Crippen molar-refractivity contribution in [2.45, 2.75) is 20.3 Å². The van der Waals surface area contributed by atoms with Crippen LogP contribution >= 0.6 is 0 Å². The number of aromatic amines is 1. The molecule has 0 aliphatic carbocycles. The highest BCUT2D eigenvalue weighted by atomic mass is 14.9. The summed E-state index contributed by atoms with van der Waals surface area (Å²) in [6, 6.07) is 12.2. The van der Waals surface area contributed by atoms with Gasteiger partial charge in [-0.3, -0.25) is 0 Å². The predicted octanol–water partition coefficient (Wildman–Crippen LogP) is 3.87. The topological polar surface area (TPSA) is 67.8 Å². The fraction of sp³-hybridized carbons (Fsp3) is 0.176. The molecule has 5 N–H and O–H groups in total. The molecule has 3 nitrogen and oxygen atoms in total. The maximum atomic E-state index is 6.20. The number of fused-ring (bicyclic) bond motifs is 1. The molecule has 0 saturated carbocycles. The zero-order valence-electron chi connectivity index (χ0n) is 11.8. The van der Waals surface area contributed by atoms with Gasteiger partial charge in [0.05, 0.1) is 0 Å². The molecule has 0 bridgehead atoms. The standard InChI is InChI=1S/C17H19N3/c1-3-12-10(2)15-14(9-13(12)18)20-17(19)16(15)11-7-5-4-6-8-11/h4-9,20H,3,18-19H2,1-2H3. The molecule has 0 saturated heterocycles. The number of benzene rings is 2. The van der Waals surface area contributed by atoms with E-state index < -0.39 is 0 Å². The number of hydrogen-bond acceptors (Lipinski definition) is 2. The van der Waals surface area contributed by atoms with Crippen LogP contribution in [-0.4, -0.2) is 4.98 Å². The number of nitrogens with one attached hydrogen (secondary N) is 1. The first-order valence-electron chi connectivity index (χ1n) is 6.88. The van der Waals surface area contributed by atoms with Gasteiger partial charge in [-0.25, -0.2) is 0 Å². The number of rotatable bonds is 2. The number of nitrogen functional groups attached to an aromatic ring is 2. The van der Waals surface area contributed by atoms with E-state index in [1.165, 1.54) is 16.5 Å². The Bertz CT molecular complexity index is 770. The summed E-state index contributed by atoms with van der Waals surface area (Å²) in [7, 11) is 0. The molecule has 0 spiro atoms. The van der Waals surface area contributed by atoms with Gasteiger partial charge < -0.3 is 16.5 Å². The van der Waals surface area contributed by atoms with E-state index in [4.69, 9.17) is 11.5 Å². The maximum absolute atomic E-state index is 6.20. The van der Waals surface area contributed by atoms with E-state index in [1.54, 1.807) is 0 Å². The average Bonchev–Trinajstić information content (AvgIpc) is 2.76. The van der Waals surface area contributed by atoms with Gasteiger partial charge >= 0.3 is 0 Å². The van der Waals surface area contributed by atoms with Gasteiger partial charge in [0.15, 0.2) is 0 Å². The Morgan fingerprint density at radius 2 is 1.80 bits per heavy atom. The molecule has 3 aromatic rings. The van der Waals surface area contributed by atoms with Crippen molar-refractivity contribution in [3.8, 4) is 11.1 Å². The molecule has 102 valence electrons. The Hall–Kier alpha value is -2.42. The number of nitrogens with two attached hydrogens (primary N) is 2. The minimum atomic E-state index is 0.696. The summed E-state index contributed by atoms with van der Waals surface area (Å²) in [5.41, 5.74) is 18.8. The Balaban J connectivity index is 2.41. The third-order valence-corrected chi connectivity index (χ3v) is 3.95. The quantitative estimate of drug-likeness (QED) is 0.616. The van der Waals surface area contributed by atoms with Crippen LogP contribution in [0.3, 0.4) is 0 Å². The van der Waals surface area contributed by atoms with Crippen LogP contribution in [-0.2, 0) is 6.42 Å². The summed E-state index contributed by atoms with van der Waals surface area (Å²) in [5.74, 6) is 0.696. The highest BCUT2D eigenvalue weighted by molar-refractivity contribution is 6.05. The zero-order valence-corrected chi connectivity index (χ0v) is 11.8. The second-order valence-electron chi connectivity index (χ2n) is 5.13. The number of aryl methyl sites for hydroxylation is 1. The van der Waals surface area contributed by atoms with Gasteiger partial charge in [-0.05, 0) is 36.1 Å². The predicted molar refractivity (Wildman–Crippen MR) is 86.7 cm³/mol. The highest BCUT2D eigenvalue weighted by Gasteiger charge is 2.16. The van der Waals surface area contributed by atoms with Gasteiger partial charge in [0, 0.05) is 22.2 Å². The summed E-state index contributed by atoms with van der Waals surface area (Å²) < 4.78 is 0. The molecular weight excluding hydrogens is 246 g/mol. The van der Waals surface area contributed by atoms with Crippen LogP contribution in [0.1, 0.15) is 18.1 Å². The Labute approximate surface area is 118 Å². The number of anilines is 2. The summed E-state index contributed by atoms with van der Waals surface area (Å²) in [6.07, 6.45) is 0.924. The van der Waals surface area contributed by atoms with Crippen molar-refractivity contribution in [3.63, 3.8) is 0 Å². The van der Waals surface area contributed by atoms with E-state index in [-0.39, 0.29) is 0 Å². The number of H-pyrrole nitrogens is 1. The Morgan fingerprint density at radius 1 is 1.10 bits per heavy atom. The van der Waals surface area contributed by atoms with Gasteiger partial charge in [-0.1, -0.05) is 37.3 Å². The normalized spacial score (nSPS) is 11.1. The van der Waals surface area contributed by atoms with Crippen molar-refractivity contribution in [1.82, 2.24) is 4.98 Å². The first-order valence-corrected chi connectivity index (χ1v) is 6.88. The molecule has 0 amide bonds. The van der Waals surface area contributed by atoms with Crippen LogP contribution in [0, 0.1) is 6.92 Å². The summed E-state index contributed by atoms with van der Waals surface area (Å²) in [4.78, 5) is 3.26. The van der Waals surface area contributed by atoms with E-state index in [0.717, 1.165) is 28.8 Å². The van der Waals surface area contributed by atoms with Crippen LogP contribution in [0.5, 0.6) is 0 Å². The van der Waals surface area contributed by atoms with Crippen LogP contribution in [0.25, 0.3) is 22.0 Å². The lowest BCUT2D eigenvalue weighted by Crippen LogP contribution is -1.97. The van der Waals surface area contributed by atoms with Crippen molar-refractivity contribution in [3.05, 3.63) is 47.5 Å². The third kappa shape index (κ3) is 1.74. The molecule has 1 aromatic heterocycles. The molecule has 1 heterocycles. The first-order chi connectivity index (χ1) is 9.63. The lowest BCUT2D eigenvalue weighted by Gasteiger charge is -2.10. The van der Waals surface area contributed by atoms with Gasteiger partial charge in [0.2, 0.25) is 0 Å². The molecule has 0 atom stereocenters. The average molecular weight is 265 g/mol. The van der Waals surface area contributed by atoms with E-state index in [9.17, 15) is 0 Å².